The van der Waals surface area contributed by atoms with Crippen molar-refractivity contribution in [1.82, 2.24) is 4.98 Å². The zero-order chi connectivity index (χ0) is 11.8. The summed E-state index contributed by atoms with van der Waals surface area (Å²) in [5, 5.41) is 14.3. The van der Waals surface area contributed by atoms with E-state index in [9.17, 15) is 0 Å². The second kappa shape index (κ2) is 6.95. The summed E-state index contributed by atoms with van der Waals surface area (Å²) in [7, 11) is 1.00. The highest BCUT2D eigenvalue weighted by Crippen LogP contribution is 2.25. The number of hydrogen-bond acceptors (Lipinski definition) is 4. The highest BCUT2D eigenvalue weighted by Gasteiger charge is 2.15. The molecule has 1 aromatic heterocycles. The van der Waals surface area contributed by atoms with Crippen LogP contribution in [0, 0.1) is 11.3 Å². The van der Waals surface area contributed by atoms with E-state index in [0.29, 0.717) is 11.7 Å². The Morgan fingerprint density at radius 2 is 2.07 bits per heavy atom. The molecule has 84 valence electrons. The number of nitrogens with two attached hydrogens (primary N) is 1. The second-order valence-electron chi connectivity index (χ2n) is 3.41. The normalized spacial score (nSPS) is 11.5. The molecule has 15 heavy (non-hydrogen) atoms. The predicted octanol–water partition coefficient (Wildman–Crippen LogP) is 1.66. The zero-order valence-electron chi connectivity index (χ0n) is 9.44. The highest BCUT2D eigenvalue weighted by atomic mass is 16.2. The predicted molar refractivity (Wildman–Crippen MR) is 63.2 cm³/mol. The highest BCUT2D eigenvalue weighted by molar-refractivity contribution is 5.68. The minimum absolute atomic E-state index is 0.0775. The molecule has 0 aliphatic rings. The number of nitrogens with one attached hydrogen (secondary N) is 1. The van der Waals surface area contributed by atoms with Gasteiger partial charge in [0, 0.05) is 31.0 Å². The van der Waals surface area contributed by atoms with Gasteiger partial charge < -0.3 is 16.2 Å². The van der Waals surface area contributed by atoms with E-state index in [1.807, 2.05) is 12.1 Å². The van der Waals surface area contributed by atoms with Crippen molar-refractivity contribution in [3.63, 3.8) is 0 Å². The SMILES string of the molecule is CC(C)C(C=N)c1cccnc1N.CO. The molecular weight excluding hydrogens is 190 g/mol. The van der Waals surface area contributed by atoms with Gasteiger partial charge in [-0.25, -0.2) is 4.98 Å². The number of hydrogen-bond donors (Lipinski definition) is 3. The van der Waals surface area contributed by atoms with Crippen LogP contribution in [0.2, 0.25) is 0 Å². The second-order valence-corrected chi connectivity index (χ2v) is 3.41. The molecule has 0 spiro atoms. The van der Waals surface area contributed by atoms with Crippen LogP contribution in [0.15, 0.2) is 18.3 Å². The van der Waals surface area contributed by atoms with Gasteiger partial charge in [0.15, 0.2) is 0 Å². The van der Waals surface area contributed by atoms with Crippen LogP contribution in [-0.2, 0) is 0 Å². The van der Waals surface area contributed by atoms with Gasteiger partial charge in [-0.3, -0.25) is 0 Å². The summed E-state index contributed by atoms with van der Waals surface area (Å²) >= 11 is 0. The van der Waals surface area contributed by atoms with Crippen molar-refractivity contribution in [2.45, 2.75) is 19.8 Å². The largest absolute Gasteiger partial charge is 0.400 e. The van der Waals surface area contributed by atoms with Crippen molar-refractivity contribution >= 4 is 12.0 Å². The summed E-state index contributed by atoms with van der Waals surface area (Å²) in [6.45, 7) is 4.14. The third-order valence-corrected chi connectivity index (χ3v) is 2.13. The number of aliphatic hydroxyl groups excluding tert-OH is 1. The molecule has 4 nitrogen and oxygen atoms in total. The molecule has 0 aliphatic heterocycles. The van der Waals surface area contributed by atoms with Crippen LogP contribution < -0.4 is 5.73 Å². The first kappa shape index (κ1) is 13.6. The van der Waals surface area contributed by atoms with Crippen molar-refractivity contribution in [1.29, 1.82) is 5.41 Å². The number of nitrogens with zero attached hydrogens (tertiary/aromatic N) is 1. The lowest BCUT2D eigenvalue weighted by Crippen LogP contribution is -2.10. The van der Waals surface area contributed by atoms with E-state index in [-0.39, 0.29) is 5.92 Å². The lowest BCUT2D eigenvalue weighted by molar-refractivity contribution is 0.399. The molecule has 4 N–H and O–H groups in total. The molecule has 1 aromatic rings. The lowest BCUT2D eigenvalue weighted by atomic mass is 9.90. The van der Waals surface area contributed by atoms with E-state index >= 15 is 0 Å². The molecule has 1 heterocycles. The van der Waals surface area contributed by atoms with Crippen LogP contribution in [0.4, 0.5) is 5.82 Å². The van der Waals surface area contributed by atoms with Crippen LogP contribution >= 0.6 is 0 Å². The molecule has 4 heteroatoms. The quantitative estimate of drug-likeness (QED) is 0.662. The van der Waals surface area contributed by atoms with Crippen LogP contribution in [0.3, 0.4) is 0 Å². The first-order chi connectivity index (χ1) is 7.16. The Kier molecular flexibility index (Phi) is 6.29. The van der Waals surface area contributed by atoms with Gasteiger partial charge in [-0.1, -0.05) is 19.9 Å². The van der Waals surface area contributed by atoms with Gasteiger partial charge in [-0.05, 0) is 12.0 Å². The van der Waals surface area contributed by atoms with Gasteiger partial charge >= 0.3 is 0 Å². The summed E-state index contributed by atoms with van der Waals surface area (Å²) in [6, 6.07) is 3.78. The van der Waals surface area contributed by atoms with Gasteiger partial charge in [0.1, 0.15) is 5.82 Å². The number of aromatic nitrogens is 1. The number of pyridine rings is 1. The smallest absolute Gasteiger partial charge is 0.127 e. The molecule has 1 unspecified atom stereocenters. The van der Waals surface area contributed by atoms with Gasteiger partial charge in [-0.2, -0.15) is 0 Å². The molecule has 0 radical (unpaired) electrons. The summed E-state index contributed by atoms with van der Waals surface area (Å²) in [5.41, 5.74) is 6.67. The fourth-order valence-corrected chi connectivity index (χ4v) is 1.35. The monoisotopic (exact) mass is 209 g/mol. The Hall–Kier alpha value is -1.42. The first-order valence-corrected chi connectivity index (χ1v) is 4.82. The number of rotatable bonds is 3. The summed E-state index contributed by atoms with van der Waals surface area (Å²) in [4.78, 5) is 4.00. The third kappa shape index (κ3) is 3.67. The maximum absolute atomic E-state index is 7.32. The molecule has 0 amide bonds. The van der Waals surface area contributed by atoms with E-state index < -0.39 is 0 Å². The fourth-order valence-electron chi connectivity index (χ4n) is 1.35. The van der Waals surface area contributed by atoms with Crippen molar-refractivity contribution in [2.75, 3.05) is 12.8 Å². The maximum Gasteiger partial charge on any atom is 0.127 e. The van der Waals surface area contributed by atoms with Gasteiger partial charge in [0.2, 0.25) is 0 Å². The Morgan fingerprint density at radius 3 is 2.47 bits per heavy atom. The number of anilines is 1. The molecule has 0 aromatic carbocycles. The molecule has 0 saturated heterocycles. The Bertz CT molecular complexity index is 300. The average molecular weight is 209 g/mol. The number of nitrogen functional groups attached to an aromatic ring is 1. The zero-order valence-corrected chi connectivity index (χ0v) is 9.44. The number of aliphatic hydroxyl groups is 1. The minimum Gasteiger partial charge on any atom is -0.400 e. The Labute approximate surface area is 90.7 Å². The Balaban J connectivity index is 0.000000921. The lowest BCUT2D eigenvalue weighted by Gasteiger charge is -2.16. The molecule has 1 atom stereocenters. The molecule has 0 fully saturated rings. The molecular formula is C11H19N3O. The first-order valence-electron chi connectivity index (χ1n) is 4.82. The van der Waals surface area contributed by atoms with E-state index in [1.165, 1.54) is 6.21 Å². The third-order valence-electron chi connectivity index (χ3n) is 2.13. The van der Waals surface area contributed by atoms with E-state index in [0.717, 1.165) is 12.7 Å². The summed E-state index contributed by atoms with van der Waals surface area (Å²) in [5.74, 6) is 0.988. The standard InChI is InChI=1S/C10H15N3.CH4O/c1-7(2)9(6-11)8-4-3-5-13-10(8)12;1-2/h3-7,9,11H,1-2H3,(H2,12,13);2H,1H3. The van der Waals surface area contributed by atoms with E-state index in [2.05, 4.69) is 18.8 Å². The van der Waals surface area contributed by atoms with Crippen LogP contribution in [0.25, 0.3) is 0 Å². The van der Waals surface area contributed by atoms with Crippen LogP contribution in [0.5, 0.6) is 0 Å². The van der Waals surface area contributed by atoms with Gasteiger partial charge in [-0.15, -0.1) is 0 Å². The fraction of sp³-hybridized carbons (Fsp3) is 0.455. The van der Waals surface area contributed by atoms with Gasteiger partial charge in [0.05, 0.1) is 0 Å². The van der Waals surface area contributed by atoms with Crippen molar-refractivity contribution in [3.05, 3.63) is 23.9 Å². The van der Waals surface area contributed by atoms with Crippen molar-refractivity contribution in [2.24, 2.45) is 5.92 Å². The average Bonchev–Trinajstić information content (AvgIpc) is 2.24. The van der Waals surface area contributed by atoms with Crippen molar-refractivity contribution < 1.29 is 5.11 Å². The minimum atomic E-state index is 0.0775. The Morgan fingerprint density at radius 1 is 1.47 bits per heavy atom. The topological polar surface area (TPSA) is 83.0 Å². The molecule has 0 aliphatic carbocycles. The molecule has 0 bridgehead atoms. The van der Waals surface area contributed by atoms with Crippen LogP contribution in [0.1, 0.15) is 25.3 Å². The molecule has 0 saturated carbocycles. The van der Waals surface area contributed by atoms with Crippen molar-refractivity contribution in [3.8, 4) is 0 Å². The van der Waals surface area contributed by atoms with Gasteiger partial charge in [0.25, 0.3) is 0 Å². The summed E-state index contributed by atoms with van der Waals surface area (Å²) in [6.07, 6.45) is 3.10. The maximum atomic E-state index is 7.32. The molecule has 1 rings (SSSR count). The summed E-state index contributed by atoms with van der Waals surface area (Å²) < 4.78 is 0. The van der Waals surface area contributed by atoms with Crippen LogP contribution in [-0.4, -0.2) is 23.4 Å². The van der Waals surface area contributed by atoms with E-state index in [1.54, 1.807) is 6.20 Å². The van der Waals surface area contributed by atoms with E-state index in [4.69, 9.17) is 16.2 Å².